The highest BCUT2D eigenvalue weighted by Gasteiger charge is 2.34. The summed E-state index contributed by atoms with van der Waals surface area (Å²) in [6.07, 6.45) is -2.04. The predicted octanol–water partition coefficient (Wildman–Crippen LogP) is 4.57. The summed E-state index contributed by atoms with van der Waals surface area (Å²) in [6.45, 7) is 2.48. The molecule has 0 bridgehead atoms. The highest BCUT2D eigenvalue weighted by molar-refractivity contribution is 6.30. The van der Waals surface area contributed by atoms with Gasteiger partial charge in [-0.15, -0.1) is 5.10 Å². The minimum atomic E-state index is -4.46. The van der Waals surface area contributed by atoms with Gasteiger partial charge in [0.05, 0.1) is 16.9 Å². The molecule has 33 heavy (non-hydrogen) atoms. The lowest BCUT2D eigenvalue weighted by atomic mass is 10.0. The second-order valence-electron chi connectivity index (χ2n) is 8.59. The third-order valence-corrected chi connectivity index (χ3v) is 6.42. The fraction of sp³-hybridized carbons (Fsp3) is 0.455. The van der Waals surface area contributed by atoms with Crippen molar-refractivity contribution in [2.75, 3.05) is 31.6 Å². The van der Waals surface area contributed by atoms with Crippen LogP contribution in [0.15, 0.2) is 28.8 Å². The normalized spacial score (nSPS) is 19.2. The average molecular weight is 479 g/mol. The maximum atomic E-state index is 13.6. The van der Waals surface area contributed by atoms with Crippen molar-refractivity contribution < 1.29 is 17.7 Å². The van der Waals surface area contributed by atoms with Crippen molar-refractivity contribution in [3.05, 3.63) is 51.9 Å². The predicted molar refractivity (Wildman–Crippen MR) is 116 cm³/mol. The van der Waals surface area contributed by atoms with E-state index in [9.17, 15) is 13.2 Å². The number of anilines is 1. The largest absolute Gasteiger partial charge is 0.416 e. The molecule has 174 valence electrons. The molecule has 0 spiro atoms. The molecule has 2 aliphatic heterocycles. The van der Waals surface area contributed by atoms with Crippen LogP contribution in [0.4, 0.5) is 18.9 Å². The second kappa shape index (κ2) is 8.57. The lowest BCUT2D eigenvalue weighted by Crippen LogP contribution is -2.30. The van der Waals surface area contributed by atoms with Gasteiger partial charge >= 0.3 is 6.18 Å². The Balaban J connectivity index is 1.44. The van der Waals surface area contributed by atoms with Crippen LogP contribution in [0.5, 0.6) is 0 Å². The summed E-state index contributed by atoms with van der Waals surface area (Å²) < 4.78 is 46.1. The summed E-state index contributed by atoms with van der Waals surface area (Å²) in [5.41, 5.74) is 1.29. The van der Waals surface area contributed by atoms with Gasteiger partial charge in [0.25, 0.3) is 5.89 Å². The van der Waals surface area contributed by atoms with Gasteiger partial charge in [0.2, 0.25) is 0 Å². The smallest absolute Gasteiger partial charge is 0.366 e. The zero-order valence-electron chi connectivity index (χ0n) is 17.9. The van der Waals surface area contributed by atoms with Crippen LogP contribution in [-0.4, -0.2) is 51.9 Å². The Morgan fingerprint density at radius 2 is 2.03 bits per heavy atom. The van der Waals surface area contributed by atoms with Gasteiger partial charge < -0.3 is 14.3 Å². The Hall–Kier alpha value is -2.72. The van der Waals surface area contributed by atoms with Crippen LogP contribution in [0, 0.1) is 0 Å². The number of aromatic nitrogens is 4. The summed E-state index contributed by atoms with van der Waals surface area (Å²) in [4.78, 5) is 8.61. The summed E-state index contributed by atoms with van der Waals surface area (Å²) in [6, 6.07) is 5.44. The molecule has 1 saturated heterocycles. The highest BCUT2D eigenvalue weighted by atomic mass is 35.5. The van der Waals surface area contributed by atoms with Crippen LogP contribution >= 0.6 is 11.6 Å². The third-order valence-electron chi connectivity index (χ3n) is 6.18. The highest BCUT2D eigenvalue weighted by Crippen LogP contribution is 2.36. The average Bonchev–Trinajstić information content (AvgIpc) is 3.42. The standard InChI is InChI=1S/C22H22ClF3N6O/c1-31-8-6-13(11-31)20-27-21(33-30-20)18-10-19-17(28-29-18)3-2-7-32(19)12-14-9-15(23)4-5-16(14)22(24,25)26/h4-5,9-10,13H,2-3,6-8,11-12H2,1H3. The van der Waals surface area contributed by atoms with Crippen LogP contribution in [0.3, 0.4) is 0 Å². The number of nitrogens with zero attached hydrogens (tertiary/aromatic N) is 6. The molecule has 0 saturated carbocycles. The first-order valence-electron chi connectivity index (χ1n) is 10.8. The first-order valence-corrected chi connectivity index (χ1v) is 11.2. The van der Waals surface area contributed by atoms with Crippen molar-refractivity contribution in [3.8, 4) is 11.6 Å². The monoisotopic (exact) mass is 478 g/mol. The van der Waals surface area contributed by atoms with Crippen LogP contribution in [0.25, 0.3) is 11.6 Å². The Kier molecular flexibility index (Phi) is 5.74. The summed E-state index contributed by atoms with van der Waals surface area (Å²) >= 11 is 6.02. The van der Waals surface area contributed by atoms with Crippen molar-refractivity contribution >= 4 is 17.3 Å². The van der Waals surface area contributed by atoms with Gasteiger partial charge in [0.15, 0.2) is 11.5 Å². The van der Waals surface area contributed by atoms with E-state index in [1.807, 2.05) is 4.90 Å². The quantitative estimate of drug-likeness (QED) is 0.544. The maximum Gasteiger partial charge on any atom is 0.416 e. The van der Waals surface area contributed by atoms with Gasteiger partial charge in [-0.2, -0.15) is 23.3 Å². The molecule has 0 amide bonds. The van der Waals surface area contributed by atoms with E-state index >= 15 is 0 Å². The first-order chi connectivity index (χ1) is 15.8. The van der Waals surface area contributed by atoms with Crippen molar-refractivity contribution in [2.24, 2.45) is 0 Å². The number of aryl methyl sites for hydroxylation is 1. The summed E-state index contributed by atoms with van der Waals surface area (Å²) in [5, 5.41) is 13.0. The molecule has 0 aliphatic carbocycles. The summed E-state index contributed by atoms with van der Waals surface area (Å²) in [7, 11) is 2.05. The van der Waals surface area contributed by atoms with Gasteiger partial charge in [-0.05, 0) is 62.7 Å². The molecule has 0 N–H and O–H groups in total. The van der Waals surface area contributed by atoms with Crippen molar-refractivity contribution in [3.63, 3.8) is 0 Å². The minimum Gasteiger partial charge on any atom is -0.366 e. The lowest BCUT2D eigenvalue weighted by Gasteiger charge is -2.31. The zero-order chi connectivity index (χ0) is 23.2. The molecule has 2 aromatic heterocycles. The van der Waals surface area contributed by atoms with Gasteiger partial charge in [0.1, 0.15) is 0 Å². The van der Waals surface area contributed by atoms with Gasteiger partial charge in [-0.3, -0.25) is 0 Å². The Morgan fingerprint density at radius 3 is 2.79 bits per heavy atom. The van der Waals surface area contributed by atoms with Crippen molar-refractivity contribution in [2.45, 2.75) is 37.9 Å². The molecule has 5 rings (SSSR count). The van der Waals surface area contributed by atoms with E-state index in [1.165, 1.54) is 12.1 Å². The van der Waals surface area contributed by atoms with E-state index in [-0.39, 0.29) is 28.9 Å². The van der Waals surface area contributed by atoms with E-state index in [0.717, 1.165) is 43.4 Å². The van der Waals surface area contributed by atoms with Crippen LogP contribution in [0.2, 0.25) is 5.02 Å². The van der Waals surface area contributed by atoms with Crippen molar-refractivity contribution in [1.82, 2.24) is 25.2 Å². The number of benzene rings is 1. The SMILES string of the molecule is CN1CCC(c2noc(-c3cc4c(nn3)CCCN4Cc3cc(Cl)ccc3C(F)(F)F)n2)C1. The Bertz CT molecular complexity index is 1170. The molecule has 1 fully saturated rings. The van der Waals surface area contributed by atoms with E-state index in [4.69, 9.17) is 16.1 Å². The number of alkyl halides is 3. The first kappa shape index (κ1) is 22.1. The van der Waals surface area contributed by atoms with Crippen LogP contribution in [-0.2, 0) is 19.1 Å². The molecule has 7 nitrogen and oxygen atoms in total. The van der Waals surface area contributed by atoms with E-state index in [2.05, 4.69) is 32.3 Å². The molecular formula is C22H22ClF3N6O. The molecule has 1 atom stereocenters. The Labute approximate surface area is 193 Å². The van der Waals surface area contributed by atoms with E-state index in [0.29, 0.717) is 24.5 Å². The van der Waals surface area contributed by atoms with Crippen LogP contribution in [0.1, 0.15) is 41.4 Å². The number of likely N-dealkylation sites (N-methyl/N-ethyl adjacent to an activating group) is 1. The zero-order valence-corrected chi connectivity index (χ0v) is 18.7. The molecule has 2 aliphatic rings. The van der Waals surface area contributed by atoms with Crippen molar-refractivity contribution in [1.29, 1.82) is 0 Å². The third kappa shape index (κ3) is 4.54. The van der Waals surface area contributed by atoms with E-state index < -0.39 is 11.7 Å². The molecule has 1 unspecified atom stereocenters. The molecule has 1 aromatic carbocycles. The second-order valence-corrected chi connectivity index (χ2v) is 9.03. The molecule has 3 aromatic rings. The van der Waals surface area contributed by atoms with Crippen LogP contribution < -0.4 is 4.90 Å². The van der Waals surface area contributed by atoms with E-state index in [1.54, 1.807) is 6.07 Å². The fourth-order valence-corrected chi connectivity index (χ4v) is 4.71. The number of rotatable bonds is 4. The number of hydrogen-bond donors (Lipinski definition) is 0. The molecule has 11 heteroatoms. The lowest BCUT2D eigenvalue weighted by molar-refractivity contribution is -0.138. The number of hydrogen-bond acceptors (Lipinski definition) is 7. The van der Waals surface area contributed by atoms with Gasteiger partial charge in [0, 0.05) is 30.6 Å². The Morgan fingerprint density at radius 1 is 1.18 bits per heavy atom. The van der Waals surface area contributed by atoms with Gasteiger partial charge in [-0.1, -0.05) is 16.8 Å². The maximum absolute atomic E-state index is 13.6. The molecular weight excluding hydrogens is 457 g/mol. The number of halogens is 4. The topological polar surface area (TPSA) is 71.2 Å². The number of fused-ring (bicyclic) bond motifs is 1. The molecule has 0 radical (unpaired) electrons. The summed E-state index contributed by atoms with van der Waals surface area (Å²) in [5.74, 6) is 1.11. The van der Waals surface area contributed by atoms with Gasteiger partial charge in [-0.25, -0.2) is 0 Å². The fourth-order valence-electron chi connectivity index (χ4n) is 4.51. The number of likely N-dealkylation sites (tertiary alicyclic amines) is 1. The molecule has 4 heterocycles. The minimum absolute atomic E-state index is 0.0526.